The van der Waals surface area contributed by atoms with Gasteiger partial charge in [0.2, 0.25) is 10.0 Å². The molecule has 0 atom stereocenters. The number of fused-ring (bicyclic) bond motifs is 1. The lowest BCUT2D eigenvalue weighted by atomic mass is 10.1. The Bertz CT molecular complexity index is 1210. The number of hydrogen-bond donors (Lipinski definition) is 1. The quantitative estimate of drug-likeness (QED) is 0.596. The third-order valence-corrected chi connectivity index (χ3v) is 7.10. The molecule has 0 saturated carbocycles. The van der Waals surface area contributed by atoms with Crippen LogP contribution in [-0.2, 0) is 19.6 Å². The summed E-state index contributed by atoms with van der Waals surface area (Å²) in [6, 6.07) is 18.7. The maximum Gasteiger partial charge on any atom is 0.339 e. The second-order valence-electron chi connectivity index (χ2n) is 7.29. The Morgan fingerprint density at radius 2 is 1.58 bits per heavy atom. The van der Waals surface area contributed by atoms with Crippen molar-refractivity contribution in [3.05, 3.63) is 72.3 Å². The number of esters is 1. The fraction of sp³-hybridized carbons (Fsp3) is 0.217. The van der Waals surface area contributed by atoms with E-state index in [4.69, 9.17) is 4.74 Å². The molecule has 3 aromatic carbocycles. The summed E-state index contributed by atoms with van der Waals surface area (Å²) in [4.78, 5) is 24.8. The highest BCUT2D eigenvalue weighted by atomic mass is 32.2. The number of sulfonamides is 1. The van der Waals surface area contributed by atoms with E-state index >= 15 is 0 Å². The number of anilines is 1. The second-order valence-corrected chi connectivity index (χ2v) is 9.22. The maximum atomic E-state index is 12.6. The van der Waals surface area contributed by atoms with E-state index < -0.39 is 28.5 Å². The van der Waals surface area contributed by atoms with Crippen molar-refractivity contribution in [3.63, 3.8) is 0 Å². The molecule has 1 N–H and O–H groups in total. The summed E-state index contributed by atoms with van der Waals surface area (Å²) in [5.74, 6) is -1.09. The number of nitrogens with one attached hydrogen (secondary N) is 1. The fourth-order valence-corrected chi connectivity index (χ4v) is 5.11. The number of rotatable bonds is 6. The molecule has 160 valence electrons. The van der Waals surface area contributed by atoms with Crippen LogP contribution in [0.4, 0.5) is 5.69 Å². The van der Waals surface area contributed by atoms with E-state index in [0.717, 1.165) is 23.6 Å². The molecule has 1 aliphatic rings. The molecule has 1 amide bonds. The fourth-order valence-electron chi connectivity index (χ4n) is 3.60. The smallest absolute Gasteiger partial charge is 0.339 e. The van der Waals surface area contributed by atoms with Crippen molar-refractivity contribution in [1.82, 2.24) is 4.31 Å². The van der Waals surface area contributed by atoms with Crippen molar-refractivity contribution >= 4 is 38.4 Å². The van der Waals surface area contributed by atoms with E-state index in [9.17, 15) is 18.0 Å². The molecule has 1 aliphatic heterocycles. The van der Waals surface area contributed by atoms with Crippen LogP contribution in [0.5, 0.6) is 0 Å². The molecule has 4 rings (SSSR count). The Labute approximate surface area is 180 Å². The molecule has 0 aromatic heterocycles. The number of benzene rings is 3. The predicted molar refractivity (Wildman–Crippen MR) is 117 cm³/mol. The molecule has 0 aliphatic carbocycles. The molecule has 0 spiro atoms. The molecule has 0 radical (unpaired) electrons. The first kappa shape index (κ1) is 21.0. The van der Waals surface area contributed by atoms with Gasteiger partial charge in [-0.2, -0.15) is 4.31 Å². The standard InChI is InChI=1S/C23H22N2O5S/c26-22(16-30-23(27)21-9-5-7-17-6-1-2-8-20(17)21)24-18-10-12-19(13-11-18)31(28,29)25-14-3-4-15-25/h1-2,5-13H,3-4,14-16H2,(H,24,26). The van der Waals surface area contributed by atoms with Gasteiger partial charge in [-0.3, -0.25) is 4.79 Å². The van der Waals surface area contributed by atoms with Crippen LogP contribution in [0.1, 0.15) is 23.2 Å². The lowest BCUT2D eigenvalue weighted by Crippen LogP contribution is -2.27. The van der Waals surface area contributed by atoms with Crippen molar-refractivity contribution in [3.8, 4) is 0 Å². The summed E-state index contributed by atoms with van der Waals surface area (Å²) >= 11 is 0. The number of ether oxygens (including phenoxy) is 1. The Hall–Kier alpha value is -3.23. The largest absolute Gasteiger partial charge is 0.452 e. The van der Waals surface area contributed by atoms with Gasteiger partial charge in [0.25, 0.3) is 5.91 Å². The Morgan fingerprint density at radius 3 is 2.32 bits per heavy atom. The van der Waals surface area contributed by atoms with E-state index in [-0.39, 0.29) is 4.90 Å². The van der Waals surface area contributed by atoms with Gasteiger partial charge in [-0.25, -0.2) is 13.2 Å². The van der Waals surface area contributed by atoms with Crippen LogP contribution in [0.15, 0.2) is 71.6 Å². The molecule has 0 bridgehead atoms. The van der Waals surface area contributed by atoms with Gasteiger partial charge >= 0.3 is 5.97 Å². The average molecular weight is 439 g/mol. The van der Waals surface area contributed by atoms with Gasteiger partial charge in [0, 0.05) is 18.8 Å². The van der Waals surface area contributed by atoms with Crippen LogP contribution in [-0.4, -0.2) is 44.3 Å². The van der Waals surface area contributed by atoms with Crippen LogP contribution in [0.3, 0.4) is 0 Å². The first-order valence-corrected chi connectivity index (χ1v) is 11.4. The van der Waals surface area contributed by atoms with Crippen LogP contribution in [0, 0.1) is 0 Å². The molecule has 1 saturated heterocycles. The van der Waals surface area contributed by atoms with Crippen molar-refractivity contribution in [2.45, 2.75) is 17.7 Å². The molecule has 8 heteroatoms. The van der Waals surface area contributed by atoms with Gasteiger partial charge in [-0.1, -0.05) is 36.4 Å². The van der Waals surface area contributed by atoms with E-state index in [1.165, 1.54) is 28.6 Å². The van der Waals surface area contributed by atoms with E-state index in [2.05, 4.69) is 5.32 Å². The molecule has 7 nitrogen and oxygen atoms in total. The first-order valence-electron chi connectivity index (χ1n) is 10.00. The van der Waals surface area contributed by atoms with Crippen molar-refractivity contribution in [1.29, 1.82) is 0 Å². The summed E-state index contributed by atoms with van der Waals surface area (Å²) in [6.07, 6.45) is 1.73. The monoisotopic (exact) mass is 438 g/mol. The van der Waals surface area contributed by atoms with Gasteiger partial charge in [-0.15, -0.1) is 0 Å². The Balaban J connectivity index is 1.36. The van der Waals surface area contributed by atoms with Crippen LogP contribution >= 0.6 is 0 Å². The van der Waals surface area contributed by atoms with Gasteiger partial charge in [-0.05, 0) is 53.9 Å². The van der Waals surface area contributed by atoms with E-state index in [1.54, 1.807) is 12.1 Å². The molecule has 3 aromatic rings. The van der Waals surface area contributed by atoms with Gasteiger partial charge in [0.1, 0.15) is 0 Å². The minimum Gasteiger partial charge on any atom is -0.452 e. The molecular weight excluding hydrogens is 416 g/mol. The predicted octanol–water partition coefficient (Wildman–Crippen LogP) is 3.42. The minimum atomic E-state index is -3.50. The van der Waals surface area contributed by atoms with Gasteiger partial charge < -0.3 is 10.1 Å². The zero-order valence-electron chi connectivity index (χ0n) is 16.8. The van der Waals surface area contributed by atoms with E-state index in [0.29, 0.717) is 24.3 Å². The maximum absolute atomic E-state index is 12.6. The number of amides is 1. The summed E-state index contributed by atoms with van der Waals surface area (Å²) in [5.41, 5.74) is 0.814. The molecule has 0 unspecified atom stereocenters. The lowest BCUT2D eigenvalue weighted by molar-refractivity contribution is -0.119. The summed E-state index contributed by atoms with van der Waals surface area (Å²) < 4.78 is 31.7. The van der Waals surface area contributed by atoms with Gasteiger partial charge in [0.05, 0.1) is 10.5 Å². The third-order valence-electron chi connectivity index (χ3n) is 5.18. The highest BCUT2D eigenvalue weighted by Gasteiger charge is 2.27. The molecule has 1 fully saturated rings. The molecule has 1 heterocycles. The van der Waals surface area contributed by atoms with Crippen LogP contribution in [0.25, 0.3) is 10.8 Å². The number of carbonyl (C=O) groups excluding carboxylic acids is 2. The highest BCUT2D eigenvalue weighted by Crippen LogP contribution is 2.22. The minimum absolute atomic E-state index is 0.190. The number of hydrogen-bond acceptors (Lipinski definition) is 5. The zero-order valence-corrected chi connectivity index (χ0v) is 17.6. The SMILES string of the molecule is O=C(COC(=O)c1cccc2ccccc12)Nc1ccc(S(=O)(=O)N2CCCC2)cc1. The molecular formula is C23H22N2O5S. The van der Waals surface area contributed by atoms with Gasteiger partial charge in [0.15, 0.2) is 6.61 Å². The summed E-state index contributed by atoms with van der Waals surface area (Å²) in [5, 5.41) is 4.27. The highest BCUT2D eigenvalue weighted by molar-refractivity contribution is 7.89. The van der Waals surface area contributed by atoms with Crippen molar-refractivity contribution in [2.75, 3.05) is 25.0 Å². The Kier molecular flexibility index (Phi) is 6.01. The Morgan fingerprint density at radius 1 is 0.903 bits per heavy atom. The third kappa shape index (κ3) is 4.60. The van der Waals surface area contributed by atoms with Crippen molar-refractivity contribution < 1.29 is 22.7 Å². The normalized spacial score (nSPS) is 14.5. The second kappa shape index (κ2) is 8.87. The first-order chi connectivity index (χ1) is 14.9. The van der Waals surface area contributed by atoms with E-state index in [1.807, 2.05) is 30.3 Å². The topological polar surface area (TPSA) is 92.8 Å². The van der Waals surface area contributed by atoms with Crippen molar-refractivity contribution in [2.24, 2.45) is 0 Å². The van der Waals surface area contributed by atoms with Crippen LogP contribution < -0.4 is 5.32 Å². The number of nitrogens with zero attached hydrogens (tertiary/aromatic N) is 1. The van der Waals surface area contributed by atoms with Crippen LogP contribution in [0.2, 0.25) is 0 Å². The summed E-state index contributed by atoms with van der Waals surface area (Å²) in [7, 11) is -3.50. The summed E-state index contributed by atoms with van der Waals surface area (Å²) in [6.45, 7) is 0.613. The zero-order chi connectivity index (χ0) is 21.8. The molecule has 31 heavy (non-hydrogen) atoms. The average Bonchev–Trinajstić information content (AvgIpc) is 3.33. The number of carbonyl (C=O) groups is 2. The lowest BCUT2D eigenvalue weighted by Gasteiger charge is -2.15.